The molecule has 0 radical (unpaired) electrons. The molecule has 1 aliphatic heterocycles. The van der Waals surface area contributed by atoms with Crippen LogP contribution in [0.2, 0.25) is 0 Å². The van der Waals surface area contributed by atoms with Crippen molar-refractivity contribution in [2.75, 3.05) is 19.8 Å². The van der Waals surface area contributed by atoms with Crippen LogP contribution in [0.15, 0.2) is 24.3 Å². The molecule has 0 aliphatic carbocycles. The zero-order valence-corrected chi connectivity index (χ0v) is 13.3. The van der Waals surface area contributed by atoms with Gasteiger partial charge >= 0.3 is 0 Å². The maximum Gasteiger partial charge on any atom is 0.254 e. The minimum Gasteiger partial charge on any atom is -0.493 e. The Hall–Kier alpha value is -1.55. The molecule has 1 saturated heterocycles. The molecule has 2 unspecified atom stereocenters. The van der Waals surface area contributed by atoms with E-state index in [2.05, 4.69) is 13.8 Å². The molecule has 1 heterocycles. The van der Waals surface area contributed by atoms with Gasteiger partial charge in [0.05, 0.1) is 25.4 Å². The number of hydrogen-bond donors (Lipinski definition) is 0. The second-order valence-electron chi connectivity index (χ2n) is 6.18. The molecule has 2 atom stereocenters. The standard InChI is InChI=1S/C17H25NO3/c1-12(2)10-21-16-7-5-6-15(8-16)17(19)18-9-14(4)20-11-13(18)3/h5-8,12-14H,9-11H2,1-4H3. The fourth-order valence-corrected chi connectivity index (χ4v) is 2.33. The molecule has 4 heteroatoms. The third kappa shape index (κ3) is 4.21. The third-order valence-corrected chi connectivity index (χ3v) is 3.53. The summed E-state index contributed by atoms with van der Waals surface area (Å²) >= 11 is 0. The Balaban J connectivity index is 2.09. The Labute approximate surface area is 127 Å². The molecule has 21 heavy (non-hydrogen) atoms. The molecule has 0 bridgehead atoms. The van der Waals surface area contributed by atoms with Gasteiger partial charge in [0.25, 0.3) is 5.91 Å². The number of hydrogen-bond acceptors (Lipinski definition) is 3. The lowest BCUT2D eigenvalue weighted by molar-refractivity contribution is -0.0387. The van der Waals surface area contributed by atoms with Crippen LogP contribution in [0, 0.1) is 5.92 Å². The highest BCUT2D eigenvalue weighted by Gasteiger charge is 2.28. The zero-order chi connectivity index (χ0) is 15.4. The van der Waals surface area contributed by atoms with Crippen LogP contribution in [0.3, 0.4) is 0 Å². The van der Waals surface area contributed by atoms with E-state index >= 15 is 0 Å². The lowest BCUT2D eigenvalue weighted by Crippen LogP contribution is -2.50. The van der Waals surface area contributed by atoms with Gasteiger partial charge in [0, 0.05) is 12.1 Å². The van der Waals surface area contributed by atoms with E-state index in [0.717, 1.165) is 5.75 Å². The SMILES string of the molecule is CC(C)COc1cccc(C(=O)N2CC(C)OCC2C)c1. The van der Waals surface area contributed by atoms with Gasteiger partial charge in [-0.1, -0.05) is 19.9 Å². The maximum absolute atomic E-state index is 12.7. The van der Waals surface area contributed by atoms with E-state index in [4.69, 9.17) is 9.47 Å². The number of nitrogens with zero attached hydrogens (tertiary/aromatic N) is 1. The monoisotopic (exact) mass is 291 g/mol. The first-order valence-electron chi connectivity index (χ1n) is 7.62. The van der Waals surface area contributed by atoms with Crippen molar-refractivity contribution in [2.45, 2.75) is 39.8 Å². The molecule has 1 aliphatic rings. The van der Waals surface area contributed by atoms with Crippen molar-refractivity contribution in [3.63, 3.8) is 0 Å². The Morgan fingerprint density at radius 2 is 2.19 bits per heavy atom. The maximum atomic E-state index is 12.7. The second-order valence-corrected chi connectivity index (χ2v) is 6.18. The number of carbonyl (C=O) groups is 1. The van der Waals surface area contributed by atoms with Crippen LogP contribution in [-0.4, -0.2) is 42.7 Å². The Bertz CT molecular complexity index is 487. The van der Waals surface area contributed by atoms with Gasteiger partial charge in [-0.05, 0) is 38.0 Å². The van der Waals surface area contributed by atoms with E-state index in [1.165, 1.54) is 0 Å². The summed E-state index contributed by atoms with van der Waals surface area (Å²) in [4.78, 5) is 14.5. The number of amides is 1. The van der Waals surface area contributed by atoms with Crippen molar-refractivity contribution in [1.82, 2.24) is 4.90 Å². The van der Waals surface area contributed by atoms with Gasteiger partial charge < -0.3 is 14.4 Å². The summed E-state index contributed by atoms with van der Waals surface area (Å²) in [6, 6.07) is 7.55. The second kappa shape index (κ2) is 6.94. The van der Waals surface area contributed by atoms with E-state index in [0.29, 0.717) is 31.2 Å². The number of benzene rings is 1. The van der Waals surface area contributed by atoms with Gasteiger partial charge in [-0.25, -0.2) is 0 Å². The topological polar surface area (TPSA) is 38.8 Å². The molecule has 0 N–H and O–H groups in total. The molecule has 0 aromatic heterocycles. The summed E-state index contributed by atoms with van der Waals surface area (Å²) in [5.74, 6) is 1.26. The van der Waals surface area contributed by atoms with E-state index in [-0.39, 0.29) is 18.1 Å². The van der Waals surface area contributed by atoms with Crippen molar-refractivity contribution >= 4 is 5.91 Å². The molecule has 0 saturated carbocycles. The van der Waals surface area contributed by atoms with Crippen LogP contribution in [0.5, 0.6) is 5.75 Å². The normalized spacial score (nSPS) is 22.4. The highest BCUT2D eigenvalue weighted by Crippen LogP contribution is 2.19. The first-order chi connectivity index (χ1) is 9.97. The van der Waals surface area contributed by atoms with E-state index in [9.17, 15) is 4.79 Å². The van der Waals surface area contributed by atoms with Gasteiger partial charge in [0.2, 0.25) is 0 Å². The van der Waals surface area contributed by atoms with E-state index in [1.54, 1.807) is 0 Å². The minimum absolute atomic E-state index is 0.0487. The summed E-state index contributed by atoms with van der Waals surface area (Å²) in [5, 5.41) is 0. The fraction of sp³-hybridized carbons (Fsp3) is 0.588. The first kappa shape index (κ1) is 15.8. The summed E-state index contributed by atoms with van der Waals surface area (Å²) in [7, 11) is 0. The first-order valence-corrected chi connectivity index (χ1v) is 7.62. The molecular weight excluding hydrogens is 266 g/mol. The van der Waals surface area contributed by atoms with E-state index < -0.39 is 0 Å². The van der Waals surface area contributed by atoms with Crippen molar-refractivity contribution in [1.29, 1.82) is 0 Å². The average molecular weight is 291 g/mol. The average Bonchev–Trinajstić information content (AvgIpc) is 2.47. The molecule has 1 aromatic carbocycles. The summed E-state index contributed by atoms with van der Waals surface area (Å²) in [6.45, 7) is 10.1. The van der Waals surface area contributed by atoms with Gasteiger partial charge in [0.1, 0.15) is 5.75 Å². The Kier molecular flexibility index (Phi) is 5.23. The molecular formula is C17H25NO3. The van der Waals surface area contributed by atoms with Crippen LogP contribution in [0.4, 0.5) is 0 Å². The minimum atomic E-state index is 0.0487. The lowest BCUT2D eigenvalue weighted by atomic mass is 10.1. The number of rotatable bonds is 4. The van der Waals surface area contributed by atoms with Crippen LogP contribution < -0.4 is 4.74 Å². The summed E-state index contributed by atoms with van der Waals surface area (Å²) in [5.41, 5.74) is 0.678. The molecule has 0 spiro atoms. The van der Waals surface area contributed by atoms with Crippen molar-refractivity contribution in [2.24, 2.45) is 5.92 Å². The van der Waals surface area contributed by atoms with Gasteiger partial charge in [0.15, 0.2) is 0 Å². The van der Waals surface area contributed by atoms with Crippen molar-refractivity contribution in [3.8, 4) is 5.75 Å². The summed E-state index contributed by atoms with van der Waals surface area (Å²) in [6.07, 6.45) is 0.0884. The molecule has 1 amide bonds. The fourth-order valence-electron chi connectivity index (χ4n) is 2.33. The number of morpholine rings is 1. The third-order valence-electron chi connectivity index (χ3n) is 3.53. The zero-order valence-electron chi connectivity index (χ0n) is 13.3. The quantitative estimate of drug-likeness (QED) is 0.856. The smallest absolute Gasteiger partial charge is 0.254 e. The molecule has 116 valence electrons. The number of ether oxygens (including phenoxy) is 2. The van der Waals surface area contributed by atoms with Crippen LogP contribution in [0.25, 0.3) is 0 Å². The Morgan fingerprint density at radius 1 is 1.43 bits per heavy atom. The molecule has 1 aromatic rings. The highest BCUT2D eigenvalue weighted by molar-refractivity contribution is 5.94. The Morgan fingerprint density at radius 3 is 2.90 bits per heavy atom. The number of carbonyl (C=O) groups excluding carboxylic acids is 1. The van der Waals surface area contributed by atoms with Gasteiger partial charge in [-0.15, -0.1) is 0 Å². The molecule has 2 rings (SSSR count). The van der Waals surface area contributed by atoms with Gasteiger partial charge in [-0.2, -0.15) is 0 Å². The molecule has 4 nitrogen and oxygen atoms in total. The van der Waals surface area contributed by atoms with Crippen molar-refractivity contribution < 1.29 is 14.3 Å². The van der Waals surface area contributed by atoms with Gasteiger partial charge in [-0.3, -0.25) is 4.79 Å². The molecule has 1 fully saturated rings. The predicted octanol–water partition coefficient (Wildman–Crippen LogP) is 2.97. The highest BCUT2D eigenvalue weighted by atomic mass is 16.5. The van der Waals surface area contributed by atoms with Crippen LogP contribution in [0.1, 0.15) is 38.1 Å². The van der Waals surface area contributed by atoms with Crippen LogP contribution in [-0.2, 0) is 4.74 Å². The lowest BCUT2D eigenvalue weighted by Gasteiger charge is -2.36. The van der Waals surface area contributed by atoms with Crippen molar-refractivity contribution in [3.05, 3.63) is 29.8 Å². The predicted molar refractivity (Wildman–Crippen MR) is 82.7 cm³/mol. The van der Waals surface area contributed by atoms with Crippen LogP contribution >= 0.6 is 0 Å². The van der Waals surface area contributed by atoms with E-state index in [1.807, 2.05) is 43.0 Å². The summed E-state index contributed by atoms with van der Waals surface area (Å²) < 4.78 is 11.3. The largest absolute Gasteiger partial charge is 0.493 e.